The van der Waals surface area contributed by atoms with E-state index in [0.29, 0.717) is 12.2 Å². The molecule has 1 aromatic rings. The Kier molecular flexibility index (Phi) is 4.74. The highest BCUT2D eigenvalue weighted by atomic mass is 19.4. The van der Waals surface area contributed by atoms with E-state index in [2.05, 4.69) is 4.74 Å². The third-order valence-electron chi connectivity index (χ3n) is 2.02. The summed E-state index contributed by atoms with van der Waals surface area (Å²) < 4.78 is 44.7. The molecule has 0 atom stereocenters. The van der Waals surface area contributed by atoms with Crippen LogP contribution in [0.25, 0.3) is 0 Å². The highest BCUT2D eigenvalue weighted by Gasteiger charge is 2.27. The van der Waals surface area contributed by atoms with Crippen LogP contribution in [0.5, 0.6) is 0 Å². The van der Waals surface area contributed by atoms with Gasteiger partial charge in [-0.3, -0.25) is 4.79 Å². The second kappa shape index (κ2) is 5.86. The summed E-state index contributed by atoms with van der Waals surface area (Å²) in [6.07, 6.45) is -3.81. The quantitative estimate of drug-likeness (QED) is 0.575. The van der Waals surface area contributed by atoms with E-state index < -0.39 is 12.8 Å². The van der Waals surface area contributed by atoms with E-state index in [1.54, 1.807) is 6.07 Å². The molecule has 0 aliphatic carbocycles. The topological polar surface area (TPSA) is 39.4 Å². The van der Waals surface area contributed by atoms with Gasteiger partial charge in [0.15, 0.2) is 11.5 Å². The number of halogens is 3. The van der Waals surface area contributed by atoms with Crippen LogP contribution < -0.4 is 0 Å². The fourth-order valence-electron chi connectivity index (χ4n) is 1.19. The van der Waals surface area contributed by atoms with Crippen molar-refractivity contribution in [3.8, 4) is 0 Å². The van der Waals surface area contributed by atoms with Gasteiger partial charge >= 0.3 is 6.18 Å². The minimum absolute atomic E-state index is 0.118. The first kappa shape index (κ1) is 13.8. The van der Waals surface area contributed by atoms with Crippen LogP contribution in [-0.4, -0.2) is 25.2 Å². The number of alkyl halides is 3. The second-order valence-electron chi connectivity index (χ2n) is 3.46. The number of aryl methyl sites for hydroxylation is 1. The minimum Gasteiger partial charge on any atom is -0.458 e. The van der Waals surface area contributed by atoms with E-state index in [0.717, 1.165) is 0 Å². The van der Waals surface area contributed by atoms with Crippen molar-refractivity contribution < 1.29 is 27.1 Å². The van der Waals surface area contributed by atoms with Crippen LogP contribution in [0.3, 0.4) is 0 Å². The Labute approximate surface area is 96.6 Å². The van der Waals surface area contributed by atoms with Gasteiger partial charge in [-0.25, -0.2) is 0 Å². The minimum atomic E-state index is -4.36. The van der Waals surface area contributed by atoms with Crippen LogP contribution in [0.15, 0.2) is 16.5 Å². The molecule has 17 heavy (non-hydrogen) atoms. The summed E-state index contributed by atoms with van der Waals surface area (Å²) in [5.74, 6) is 0.480. The lowest BCUT2D eigenvalue weighted by atomic mass is 10.2. The Balaban J connectivity index is 2.30. The number of rotatable bonds is 6. The first-order chi connectivity index (χ1) is 7.92. The fraction of sp³-hybridized carbons (Fsp3) is 0.545. The van der Waals surface area contributed by atoms with E-state index in [1.807, 2.05) is 6.92 Å². The van der Waals surface area contributed by atoms with E-state index >= 15 is 0 Å². The maximum Gasteiger partial charge on any atom is 0.411 e. The van der Waals surface area contributed by atoms with Crippen molar-refractivity contribution >= 4 is 5.78 Å². The zero-order valence-corrected chi connectivity index (χ0v) is 9.34. The third-order valence-corrected chi connectivity index (χ3v) is 2.02. The Bertz CT molecular complexity index is 368. The lowest BCUT2D eigenvalue weighted by Gasteiger charge is -2.06. The van der Waals surface area contributed by atoms with E-state index in [9.17, 15) is 18.0 Å². The van der Waals surface area contributed by atoms with E-state index in [1.165, 1.54) is 6.07 Å². The number of furan rings is 1. The van der Waals surface area contributed by atoms with Crippen molar-refractivity contribution in [1.82, 2.24) is 0 Å². The SMILES string of the molecule is CCc1ccc(C(=O)CCOCC(F)(F)F)o1. The van der Waals surface area contributed by atoms with Gasteiger partial charge in [0.05, 0.1) is 6.61 Å². The average molecular weight is 250 g/mol. The number of Topliss-reactive ketones (excluding diaryl/α,β-unsaturated/α-hetero) is 1. The monoisotopic (exact) mass is 250 g/mol. The lowest BCUT2D eigenvalue weighted by molar-refractivity contribution is -0.173. The summed E-state index contributed by atoms with van der Waals surface area (Å²) in [5, 5.41) is 0. The van der Waals surface area contributed by atoms with Gasteiger partial charge < -0.3 is 9.15 Å². The van der Waals surface area contributed by atoms with Crippen LogP contribution in [0, 0.1) is 0 Å². The lowest BCUT2D eigenvalue weighted by Crippen LogP contribution is -2.18. The molecule has 0 N–H and O–H groups in total. The smallest absolute Gasteiger partial charge is 0.411 e. The summed E-state index contributed by atoms with van der Waals surface area (Å²) in [4.78, 5) is 11.4. The molecule has 0 spiro atoms. The van der Waals surface area contributed by atoms with E-state index in [-0.39, 0.29) is 24.6 Å². The van der Waals surface area contributed by atoms with Crippen molar-refractivity contribution in [1.29, 1.82) is 0 Å². The van der Waals surface area contributed by atoms with Crippen molar-refractivity contribution in [3.63, 3.8) is 0 Å². The van der Waals surface area contributed by atoms with Gasteiger partial charge in [0, 0.05) is 12.8 Å². The molecule has 0 aliphatic rings. The fourth-order valence-corrected chi connectivity index (χ4v) is 1.19. The molecule has 0 unspecified atom stereocenters. The first-order valence-electron chi connectivity index (χ1n) is 5.19. The standard InChI is InChI=1S/C11H13F3O3/c1-2-8-3-4-10(17-8)9(15)5-6-16-7-11(12,13)14/h3-4H,2,5-7H2,1H3. The Morgan fingerprint density at radius 3 is 2.65 bits per heavy atom. The number of ether oxygens (including phenoxy) is 1. The normalized spacial score (nSPS) is 11.8. The predicted molar refractivity (Wildman–Crippen MR) is 53.9 cm³/mol. The molecule has 0 saturated heterocycles. The van der Waals surface area contributed by atoms with Gasteiger partial charge in [0.2, 0.25) is 0 Å². The number of hydrogen-bond donors (Lipinski definition) is 0. The zero-order chi connectivity index (χ0) is 12.9. The summed E-state index contributed by atoms with van der Waals surface area (Å²) in [6, 6.07) is 3.19. The van der Waals surface area contributed by atoms with Gasteiger partial charge in [-0.05, 0) is 12.1 Å². The van der Waals surface area contributed by atoms with Crippen LogP contribution in [0.2, 0.25) is 0 Å². The van der Waals surface area contributed by atoms with Crippen molar-refractivity contribution in [2.45, 2.75) is 25.9 Å². The molecule has 96 valence electrons. The molecule has 0 aromatic carbocycles. The molecule has 0 aliphatic heterocycles. The van der Waals surface area contributed by atoms with Gasteiger partial charge in [-0.2, -0.15) is 13.2 Å². The zero-order valence-electron chi connectivity index (χ0n) is 9.34. The van der Waals surface area contributed by atoms with E-state index in [4.69, 9.17) is 4.42 Å². The summed E-state index contributed by atoms with van der Waals surface area (Å²) in [7, 11) is 0. The highest BCUT2D eigenvalue weighted by molar-refractivity contribution is 5.93. The number of carbonyl (C=O) groups is 1. The number of hydrogen-bond acceptors (Lipinski definition) is 3. The summed E-state index contributed by atoms with van der Waals surface area (Å²) in [5.41, 5.74) is 0. The molecule has 6 heteroatoms. The predicted octanol–water partition coefficient (Wildman–Crippen LogP) is 2.99. The molecular weight excluding hydrogens is 237 g/mol. The maximum absolute atomic E-state index is 11.7. The molecular formula is C11H13F3O3. The van der Waals surface area contributed by atoms with Crippen LogP contribution in [0.4, 0.5) is 13.2 Å². The Hall–Kier alpha value is -1.30. The number of ketones is 1. The molecule has 0 saturated carbocycles. The molecule has 0 radical (unpaired) electrons. The highest BCUT2D eigenvalue weighted by Crippen LogP contribution is 2.15. The van der Waals surface area contributed by atoms with Crippen molar-refractivity contribution in [3.05, 3.63) is 23.7 Å². The molecule has 0 amide bonds. The first-order valence-corrected chi connectivity index (χ1v) is 5.19. The van der Waals surface area contributed by atoms with Gasteiger partial charge in [0.1, 0.15) is 12.4 Å². The van der Waals surface area contributed by atoms with Crippen molar-refractivity contribution in [2.75, 3.05) is 13.2 Å². The van der Waals surface area contributed by atoms with Gasteiger partial charge in [-0.15, -0.1) is 0 Å². The molecule has 3 nitrogen and oxygen atoms in total. The second-order valence-corrected chi connectivity index (χ2v) is 3.46. The maximum atomic E-state index is 11.7. The molecule has 1 rings (SSSR count). The molecule has 0 bridgehead atoms. The average Bonchev–Trinajstić information content (AvgIpc) is 2.71. The van der Waals surface area contributed by atoms with Crippen LogP contribution in [0.1, 0.15) is 29.7 Å². The third kappa shape index (κ3) is 5.04. The Morgan fingerprint density at radius 2 is 2.12 bits per heavy atom. The van der Waals surface area contributed by atoms with Crippen LogP contribution >= 0.6 is 0 Å². The summed E-state index contributed by atoms with van der Waals surface area (Å²) in [6.45, 7) is 0.276. The molecule has 1 aromatic heterocycles. The molecule has 0 fully saturated rings. The number of carbonyl (C=O) groups excluding carboxylic acids is 1. The van der Waals surface area contributed by atoms with Gasteiger partial charge in [-0.1, -0.05) is 6.92 Å². The Morgan fingerprint density at radius 1 is 1.41 bits per heavy atom. The van der Waals surface area contributed by atoms with Crippen molar-refractivity contribution in [2.24, 2.45) is 0 Å². The largest absolute Gasteiger partial charge is 0.458 e. The van der Waals surface area contributed by atoms with Crippen LogP contribution in [-0.2, 0) is 11.2 Å². The molecule has 1 heterocycles. The van der Waals surface area contributed by atoms with Gasteiger partial charge in [0.25, 0.3) is 0 Å². The summed E-state index contributed by atoms with van der Waals surface area (Å²) >= 11 is 0.